The van der Waals surface area contributed by atoms with E-state index in [1.165, 1.54) is 12.8 Å². The smallest absolute Gasteiger partial charge is 0.216 e. The minimum Gasteiger partial charge on any atom is -0.329 e. The zero-order valence-corrected chi connectivity index (χ0v) is 11.3. The third-order valence-electron chi connectivity index (χ3n) is 3.34. The van der Waals surface area contributed by atoms with E-state index in [0.717, 1.165) is 12.8 Å². The molecule has 0 aromatic heterocycles. The zero-order chi connectivity index (χ0) is 12.4. The largest absolute Gasteiger partial charge is 0.329 e. The topological polar surface area (TPSA) is 72.2 Å². The summed E-state index contributed by atoms with van der Waals surface area (Å²) in [6, 6.07) is -0.0910. The SMILES string of the molecule is CC(C)(C)S(=O)(=O)NC(CN)C1CCCC1. The van der Waals surface area contributed by atoms with Crippen molar-refractivity contribution in [1.82, 2.24) is 4.72 Å². The minimum absolute atomic E-state index is 0.0910. The summed E-state index contributed by atoms with van der Waals surface area (Å²) in [5, 5.41) is 0. The van der Waals surface area contributed by atoms with Crippen molar-refractivity contribution >= 4 is 10.0 Å². The number of nitrogens with one attached hydrogen (secondary N) is 1. The Labute approximate surface area is 99.0 Å². The van der Waals surface area contributed by atoms with Crippen LogP contribution >= 0.6 is 0 Å². The predicted octanol–water partition coefficient (Wildman–Crippen LogP) is 1.22. The van der Waals surface area contributed by atoms with Crippen molar-refractivity contribution in [2.45, 2.75) is 57.2 Å². The first-order valence-corrected chi connectivity index (χ1v) is 7.48. The van der Waals surface area contributed by atoms with Gasteiger partial charge in [-0.2, -0.15) is 0 Å². The Bertz CT molecular complexity index is 313. The maximum atomic E-state index is 12.0. The number of nitrogens with two attached hydrogens (primary N) is 1. The third-order valence-corrected chi connectivity index (χ3v) is 5.56. The van der Waals surface area contributed by atoms with Gasteiger partial charge in [0.25, 0.3) is 0 Å². The number of sulfonamides is 1. The fourth-order valence-electron chi connectivity index (χ4n) is 2.07. The number of hydrogen-bond donors (Lipinski definition) is 2. The molecular formula is C11H24N2O2S. The highest BCUT2D eigenvalue weighted by atomic mass is 32.2. The highest BCUT2D eigenvalue weighted by Crippen LogP contribution is 2.28. The molecule has 1 saturated carbocycles. The van der Waals surface area contributed by atoms with Crippen molar-refractivity contribution in [1.29, 1.82) is 0 Å². The zero-order valence-electron chi connectivity index (χ0n) is 10.5. The molecule has 0 radical (unpaired) electrons. The second kappa shape index (κ2) is 5.02. The molecule has 0 aromatic carbocycles. The van der Waals surface area contributed by atoms with Crippen LogP contribution in [-0.2, 0) is 10.0 Å². The van der Waals surface area contributed by atoms with Gasteiger partial charge in [-0.05, 0) is 39.5 Å². The Hall–Kier alpha value is -0.130. The molecule has 3 N–H and O–H groups in total. The van der Waals surface area contributed by atoms with E-state index in [1.54, 1.807) is 20.8 Å². The fraction of sp³-hybridized carbons (Fsp3) is 1.00. The molecule has 4 nitrogen and oxygen atoms in total. The van der Waals surface area contributed by atoms with E-state index in [0.29, 0.717) is 12.5 Å². The van der Waals surface area contributed by atoms with Crippen LogP contribution in [0.5, 0.6) is 0 Å². The van der Waals surface area contributed by atoms with Gasteiger partial charge in [0.15, 0.2) is 0 Å². The molecule has 0 heterocycles. The van der Waals surface area contributed by atoms with Gasteiger partial charge in [-0.25, -0.2) is 13.1 Å². The lowest BCUT2D eigenvalue weighted by molar-refractivity contribution is 0.400. The van der Waals surface area contributed by atoms with Gasteiger partial charge < -0.3 is 5.73 Å². The van der Waals surface area contributed by atoms with Gasteiger partial charge in [0.1, 0.15) is 0 Å². The summed E-state index contributed by atoms with van der Waals surface area (Å²) in [6.07, 6.45) is 4.57. The maximum absolute atomic E-state index is 12.0. The number of rotatable bonds is 4. The Morgan fingerprint density at radius 3 is 2.19 bits per heavy atom. The van der Waals surface area contributed by atoms with Crippen LogP contribution in [0.25, 0.3) is 0 Å². The lowest BCUT2D eigenvalue weighted by Gasteiger charge is -2.28. The van der Waals surface area contributed by atoms with Crippen LogP contribution < -0.4 is 10.5 Å². The molecule has 1 atom stereocenters. The number of hydrogen-bond acceptors (Lipinski definition) is 3. The molecular weight excluding hydrogens is 224 g/mol. The van der Waals surface area contributed by atoms with Gasteiger partial charge in [-0.1, -0.05) is 12.8 Å². The van der Waals surface area contributed by atoms with E-state index >= 15 is 0 Å². The first-order chi connectivity index (χ1) is 7.28. The summed E-state index contributed by atoms with van der Waals surface area (Å²) in [5.41, 5.74) is 5.68. The average molecular weight is 248 g/mol. The molecule has 1 aliphatic rings. The second-order valence-electron chi connectivity index (χ2n) is 5.62. The highest BCUT2D eigenvalue weighted by molar-refractivity contribution is 7.90. The first-order valence-electron chi connectivity index (χ1n) is 6.00. The van der Waals surface area contributed by atoms with E-state index < -0.39 is 14.8 Å². The standard InChI is InChI=1S/C11H24N2O2S/c1-11(2,3)16(14,15)13-10(8-12)9-6-4-5-7-9/h9-10,13H,4-8,12H2,1-3H3. The van der Waals surface area contributed by atoms with Gasteiger partial charge in [-0.15, -0.1) is 0 Å². The van der Waals surface area contributed by atoms with E-state index in [2.05, 4.69) is 4.72 Å². The van der Waals surface area contributed by atoms with Crippen molar-refractivity contribution < 1.29 is 8.42 Å². The monoisotopic (exact) mass is 248 g/mol. The van der Waals surface area contributed by atoms with Crippen LogP contribution in [-0.4, -0.2) is 25.8 Å². The third kappa shape index (κ3) is 3.18. The van der Waals surface area contributed by atoms with E-state index in [1.807, 2.05) is 0 Å². The van der Waals surface area contributed by atoms with Crippen LogP contribution in [0.4, 0.5) is 0 Å². The molecule has 0 saturated heterocycles. The van der Waals surface area contributed by atoms with E-state index in [4.69, 9.17) is 5.73 Å². The Morgan fingerprint density at radius 1 is 1.31 bits per heavy atom. The molecule has 1 fully saturated rings. The highest BCUT2D eigenvalue weighted by Gasteiger charge is 2.34. The summed E-state index contributed by atoms with van der Waals surface area (Å²) in [6.45, 7) is 5.51. The Balaban J connectivity index is 2.70. The fourth-order valence-corrected chi connectivity index (χ4v) is 3.11. The Morgan fingerprint density at radius 2 is 1.81 bits per heavy atom. The van der Waals surface area contributed by atoms with Crippen LogP contribution in [0.2, 0.25) is 0 Å². The molecule has 0 aliphatic heterocycles. The van der Waals surface area contributed by atoms with Crippen LogP contribution in [0.1, 0.15) is 46.5 Å². The lowest BCUT2D eigenvalue weighted by Crippen LogP contribution is -2.50. The van der Waals surface area contributed by atoms with Crippen molar-refractivity contribution in [3.8, 4) is 0 Å². The van der Waals surface area contributed by atoms with Crippen LogP contribution in [0, 0.1) is 5.92 Å². The molecule has 16 heavy (non-hydrogen) atoms. The average Bonchev–Trinajstić information content (AvgIpc) is 2.65. The first kappa shape index (κ1) is 13.9. The normalized spacial score (nSPS) is 21.2. The van der Waals surface area contributed by atoms with Crippen molar-refractivity contribution in [3.63, 3.8) is 0 Å². The van der Waals surface area contributed by atoms with Crippen LogP contribution in [0.3, 0.4) is 0 Å². The lowest BCUT2D eigenvalue weighted by atomic mass is 9.99. The predicted molar refractivity (Wildman–Crippen MR) is 66.6 cm³/mol. The summed E-state index contributed by atoms with van der Waals surface area (Å²) < 4.78 is 26.0. The van der Waals surface area contributed by atoms with E-state index in [9.17, 15) is 8.42 Å². The quantitative estimate of drug-likeness (QED) is 0.786. The molecule has 0 spiro atoms. The van der Waals surface area contributed by atoms with Gasteiger partial charge in [0.2, 0.25) is 10.0 Å². The molecule has 5 heteroatoms. The van der Waals surface area contributed by atoms with Gasteiger partial charge >= 0.3 is 0 Å². The molecule has 1 unspecified atom stereocenters. The minimum atomic E-state index is -3.28. The summed E-state index contributed by atoms with van der Waals surface area (Å²) in [5.74, 6) is 0.419. The van der Waals surface area contributed by atoms with Crippen molar-refractivity contribution in [2.24, 2.45) is 11.7 Å². The molecule has 96 valence electrons. The van der Waals surface area contributed by atoms with Crippen LogP contribution in [0.15, 0.2) is 0 Å². The molecule has 0 bridgehead atoms. The molecule has 0 aromatic rings. The van der Waals surface area contributed by atoms with E-state index in [-0.39, 0.29) is 6.04 Å². The molecule has 1 aliphatic carbocycles. The second-order valence-corrected chi connectivity index (χ2v) is 8.09. The van der Waals surface area contributed by atoms with Crippen molar-refractivity contribution in [3.05, 3.63) is 0 Å². The van der Waals surface area contributed by atoms with Gasteiger partial charge in [-0.3, -0.25) is 0 Å². The summed E-state index contributed by atoms with van der Waals surface area (Å²) >= 11 is 0. The van der Waals surface area contributed by atoms with Gasteiger partial charge in [0.05, 0.1) is 4.75 Å². The molecule has 1 rings (SSSR count). The maximum Gasteiger partial charge on any atom is 0.216 e. The van der Waals surface area contributed by atoms with Gasteiger partial charge in [0, 0.05) is 12.6 Å². The summed E-state index contributed by atoms with van der Waals surface area (Å²) in [4.78, 5) is 0. The molecule has 0 amide bonds. The Kier molecular flexibility index (Phi) is 4.37. The summed E-state index contributed by atoms with van der Waals surface area (Å²) in [7, 11) is -3.28. The van der Waals surface area contributed by atoms with Crippen molar-refractivity contribution in [2.75, 3.05) is 6.54 Å².